The van der Waals surface area contributed by atoms with Crippen molar-refractivity contribution >= 4 is 11.6 Å². The topological polar surface area (TPSA) is 83.8 Å². The molecule has 10 heteroatoms. The van der Waals surface area contributed by atoms with Gasteiger partial charge in [-0.15, -0.1) is 0 Å². The average Bonchev–Trinajstić information content (AvgIpc) is 3.22. The molecule has 0 saturated heterocycles. The Labute approximate surface area is 170 Å². The summed E-state index contributed by atoms with van der Waals surface area (Å²) in [6.45, 7) is -2.88. The van der Waals surface area contributed by atoms with Crippen LogP contribution >= 0.6 is 0 Å². The van der Waals surface area contributed by atoms with E-state index >= 15 is 0 Å². The molecule has 0 bridgehead atoms. The van der Waals surface area contributed by atoms with Crippen LogP contribution in [0, 0.1) is 0 Å². The van der Waals surface area contributed by atoms with Crippen LogP contribution in [0.3, 0.4) is 0 Å². The predicted octanol–water partition coefficient (Wildman–Crippen LogP) is 3.79. The minimum atomic E-state index is -2.98. The van der Waals surface area contributed by atoms with Gasteiger partial charge in [-0.3, -0.25) is 4.79 Å². The number of hydrogen-bond donors (Lipinski definition) is 1. The number of nitrogens with zero attached hydrogens (tertiary/aromatic N) is 2. The maximum absolute atomic E-state index is 12.4. The molecule has 0 unspecified atom stereocenters. The Bertz CT molecular complexity index is 992. The number of nitrogens with one attached hydrogen (secondary N) is 1. The van der Waals surface area contributed by atoms with Crippen LogP contribution < -0.4 is 24.3 Å². The Kier molecular flexibility index (Phi) is 6.68. The van der Waals surface area contributed by atoms with E-state index in [2.05, 4.69) is 15.2 Å². The van der Waals surface area contributed by atoms with Gasteiger partial charge in [-0.05, 0) is 42.5 Å². The number of rotatable bonds is 9. The molecule has 1 heterocycles. The van der Waals surface area contributed by atoms with Gasteiger partial charge in [-0.1, -0.05) is 0 Å². The summed E-state index contributed by atoms with van der Waals surface area (Å²) in [5.74, 6) is 0.779. The molecule has 0 saturated carbocycles. The SMILES string of the molecule is COc1ccc(OCn2ccc(C(=O)Nc3ccc(OC(F)F)c(OC)c3)n2)cc1. The standard InChI is InChI=1S/C20H19F2N3O5/c1-27-14-4-6-15(7-5-14)29-12-25-10-9-16(24-25)19(26)23-13-3-8-17(30-20(21)22)18(11-13)28-2/h3-11,20H,12H2,1-2H3,(H,23,26). The van der Waals surface area contributed by atoms with Gasteiger partial charge in [0, 0.05) is 18.0 Å². The fraction of sp³-hybridized carbons (Fsp3) is 0.200. The fourth-order valence-corrected chi connectivity index (χ4v) is 2.50. The normalized spacial score (nSPS) is 10.6. The Hall–Kier alpha value is -3.82. The minimum absolute atomic E-state index is 0.0616. The van der Waals surface area contributed by atoms with Crippen molar-refractivity contribution in [2.45, 2.75) is 13.3 Å². The maximum atomic E-state index is 12.4. The summed E-state index contributed by atoms with van der Waals surface area (Å²) in [6, 6.07) is 12.6. The molecule has 3 aromatic rings. The van der Waals surface area contributed by atoms with E-state index in [1.165, 1.54) is 36.1 Å². The van der Waals surface area contributed by atoms with Gasteiger partial charge in [0.05, 0.1) is 14.2 Å². The second-order valence-electron chi connectivity index (χ2n) is 5.89. The zero-order chi connectivity index (χ0) is 21.5. The Morgan fingerprint density at radius 3 is 2.43 bits per heavy atom. The second kappa shape index (κ2) is 9.59. The molecule has 0 radical (unpaired) electrons. The number of methoxy groups -OCH3 is 2. The molecule has 0 aliphatic carbocycles. The van der Waals surface area contributed by atoms with Gasteiger partial charge in [0.1, 0.15) is 11.5 Å². The van der Waals surface area contributed by atoms with Crippen LogP contribution in [0.1, 0.15) is 10.5 Å². The van der Waals surface area contributed by atoms with E-state index in [0.717, 1.165) is 0 Å². The lowest BCUT2D eigenvalue weighted by molar-refractivity contribution is -0.0512. The first-order chi connectivity index (χ1) is 14.5. The molecule has 1 N–H and O–H groups in total. The van der Waals surface area contributed by atoms with Crippen LogP contribution in [-0.4, -0.2) is 36.5 Å². The van der Waals surface area contributed by atoms with Gasteiger partial charge < -0.3 is 24.3 Å². The van der Waals surface area contributed by atoms with Crippen LogP contribution in [0.4, 0.5) is 14.5 Å². The van der Waals surface area contributed by atoms with E-state index in [1.54, 1.807) is 37.6 Å². The number of amides is 1. The summed E-state index contributed by atoms with van der Waals surface area (Å²) in [5.41, 5.74) is 0.489. The monoisotopic (exact) mass is 419 g/mol. The van der Waals surface area contributed by atoms with Crippen molar-refractivity contribution in [2.75, 3.05) is 19.5 Å². The highest BCUT2D eigenvalue weighted by molar-refractivity contribution is 6.02. The third-order valence-electron chi connectivity index (χ3n) is 3.93. The van der Waals surface area contributed by atoms with Crippen LogP contribution in [0.15, 0.2) is 54.7 Å². The van der Waals surface area contributed by atoms with Gasteiger partial charge in [0.25, 0.3) is 5.91 Å². The Morgan fingerprint density at radius 2 is 1.77 bits per heavy atom. The molecule has 0 aliphatic rings. The first-order valence-electron chi connectivity index (χ1n) is 8.73. The molecule has 8 nitrogen and oxygen atoms in total. The van der Waals surface area contributed by atoms with Gasteiger partial charge >= 0.3 is 6.61 Å². The Morgan fingerprint density at radius 1 is 1.03 bits per heavy atom. The third-order valence-corrected chi connectivity index (χ3v) is 3.93. The van der Waals surface area contributed by atoms with E-state index in [1.807, 2.05) is 0 Å². The van der Waals surface area contributed by atoms with Crippen LogP contribution in [0.25, 0.3) is 0 Å². The number of carbonyl (C=O) groups excluding carboxylic acids is 1. The highest BCUT2D eigenvalue weighted by Crippen LogP contribution is 2.31. The summed E-state index contributed by atoms with van der Waals surface area (Å²) in [5, 5.41) is 6.78. The smallest absolute Gasteiger partial charge is 0.387 e. The molecule has 0 atom stereocenters. The summed E-state index contributed by atoms with van der Waals surface area (Å²) >= 11 is 0. The maximum Gasteiger partial charge on any atom is 0.387 e. The lowest BCUT2D eigenvalue weighted by atomic mass is 10.2. The number of aromatic nitrogens is 2. The molecule has 3 rings (SSSR count). The lowest BCUT2D eigenvalue weighted by Crippen LogP contribution is -2.14. The molecular weight excluding hydrogens is 400 g/mol. The zero-order valence-corrected chi connectivity index (χ0v) is 16.2. The molecular formula is C20H19F2N3O5. The zero-order valence-electron chi connectivity index (χ0n) is 16.2. The lowest BCUT2D eigenvalue weighted by Gasteiger charge is -2.11. The van der Waals surface area contributed by atoms with Gasteiger partial charge in [-0.25, -0.2) is 4.68 Å². The predicted molar refractivity (Wildman–Crippen MR) is 103 cm³/mol. The third kappa shape index (κ3) is 5.37. The van der Waals surface area contributed by atoms with Crippen molar-refractivity contribution in [3.63, 3.8) is 0 Å². The molecule has 30 heavy (non-hydrogen) atoms. The van der Waals surface area contributed by atoms with Crippen molar-refractivity contribution in [1.82, 2.24) is 9.78 Å². The summed E-state index contributed by atoms with van der Waals surface area (Å²) in [7, 11) is 2.89. The molecule has 1 aromatic heterocycles. The van der Waals surface area contributed by atoms with Crippen molar-refractivity contribution in [2.24, 2.45) is 0 Å². The van der Waals surface area contributed by atoms with Gasteiger partial charge in [0.2, 0.25) is 0 Å². The van der Waals surface area contributed by atoms with Crippen molar-refractivity contribution in [1.29, 1.82) is 0 Å². The molecule has 1 amide bonds. The number of alkyl halides is 2. The summed E-state index contributed by atoms with van der Waals surface area (Å²) in [4.78, 5) is 12.4. The second-order valence-corrected chi connectivity index (χ2v) is 5.89. The largest absolute Gasteiger partial charge is 0.497 e. The number of ether oxygens (including phenoxy) is 4. The van der Waals surface area contributed by atoms with E-state index in [9.17, 15) is 13.6 Å². The van der Waals surface area contributed by atoms with Crippen molar-refractivity contribution < 1.29 is 32.5 Å². The number of hydrogen-bond acceptors (Lipinski definition) is 6. The van der Waals surface area contributed by atoms with E-state index in [-0.39, 0.29) is 23.9 Å². The molecule has 0 aliphatic heterocycles. The summed E-state index contributed by atoms with van der Waals surface area (Å²) in [6.07, 6.45) is 1.60. The number of anilines is 1. The van der Waals surface area contributed by atoms with Crippen LogP contribution in [-0.2, 0) is 6.73 Å². The van der Waals surface area contributed by atoms with E-state index in [4.69, 9.17) is 14.2 Å². The summed E-state index contributed by atoms with van der Waals surface area (Å²) < 4.78 is 46.3. The number of benzene rings is 2. The molecule has 0 spiro atoms. The van der Waals surface area contributed by atoms with Crippen LogP contribution in [0.2, 0.25) is 0 Å². The van der Waals surface area contributed by atoms with Crippen molar-refractivity contribution in [3.05, 3.63) is 60.4 Å². The highest BCUT2D eigenvalue weighted by Gasteiger charge is 2.14. The van der Waals surface area contributed by atoms with E-state index in [0.29, 0.717) is 17.2 Å². The van der Waals surface area contributed by atoms with Crippen LogP contribution in [0.5, 0.6) is 23.0 Å². The molecule has 158 valence electrons. The average molecular weight is 419 g/mol. The number of carbonyl (C=O) groups is 1. The molecule has 0 fully saturated rings. The highest BCUT2D eigenvalue weighted by atomic mass is 19.3. The first-order valence-corrected chi connectivity index (χ1v) is 8.73. The quantitative estimate of drug-likeness (QED) is 0.568. The minimum Gasteiger partial charge on any atom is -0.497 e. The first kappa shape index (κ1) is 20.9. The fourth-order valence-electron chi connectivity index (χ4n) is 2.50. The molecule has 2 aromatic carbocycles. The van der Waals surface area contributed by atoms with Gasteiger partial charge in [-0.2, -0.15) is 13.9 Å². The van der Waals surface area contributed by atoms with E-state index < -0.39 is 12.5 Å². The number of halogens is 2. The Balaban J connectivity index is 1.60. The van der Waals surface area contributed by atoms with Gasteiger partial charge in [0.15, 0.2) is 23.9 Å². The van der Waals surface area contributed by atoms with Crippen molar-refractivity contribution in [3.8, 4) is 23.0 Å².